The minimum Gasteiger partial charge on any atom is -0.502 e. The second-order valence-electron chi connectivity index (χ2n) is 5.66. The predicted molar refractivity (Wildman–Crippen MR) is 90.3 cm³/mol. The highest BCUT2D eigenvalue weighted by Crippen LogP contribution is 2.51. The molecule has 0 aromatic heterocycles. The van der Waals surface area contributed by atoms with E-state index in [-0.39, 0.29) is 11.5 Å². The number of benzene rings is 2. The van der Waals surface area contributed by atoms with E-state index in [4.69, 9.17) is 9.57 Å². The lowest BCUT2D eigenvalue weighted by molar-refractivity contribution is -0.387. The molecule has 1 aliphatic heterocycles. The number of aliphatic hydroxyl groups is 1. The number of hydrogen-bond donors (Lipinski definition) is 4. The van der Waals surface area contributed by atoms with Gasteiger partial charge in [0.1, 0.15) is 17.1 Å². The minimum atomic E-state index is -2.51. The van der Waals surface area contributed by atoms with Crippen molar-refractivity contribution >= 4 is 17.4 Å². The topological polar surface area (TPSA) is 151 Å². The molecule has 1 amide bonds. The van der Waals surface area contributed by atoms with Gasteiger partial charge in [0, 0.05) is 24.6 Å². The zero-order valence-electron chi connectivity index (χ0n) is 13.9. The van der Waals surface area contributed by atoms with Crippen LogP contribution >= 0.6 is 0 Å². The quantitative estimate of drug-likeness (QED) is 0.358. The molecule has 0 bridgehead atoms. The van der Waals surface area contributed by atoms with E-state index in [1.54, 1.807) is 30.3 Å². The van der Waals surface area contributed by atoms with Crippen LogP contribution < -0.4 is 10.2 Å². The highest BCUT2D eigenvalue weighted by Gasteiger charge is 2.44. The van der Waals surface area contributed by atoms with E-state index in [1.165, 1.54) is 0 Å². The Morgan fingerprint density at radius 3 is 2.56 bits per heavy atom. The number of ether oxygens (including phenoxy) is 1. The van der Waals surface area contributed by atoms with Gasteiger partial charge < -0.3 is 20.1 Å². The van der Waals surface area contributed by atoms with Crippen molar-refractivity contribution in [3.05, 3.63) is 63.7 Å². The number of nitrogens with one attached hydrogen (secondary N) is 1. The molecule has 10 nitrogen and oxygen atoms in total. The van der Waals surface area contributed by atoms with Gasteiger partial charge >= 0.3 is 5.69 Å². The molecule has 2 aromatic rings. The number of amides is 1. The van der Waals surface area contributed by atoms with Gasteiger partial charge in [-0.05, 0) is 0 Å². The van der Waals surface area contributed by atoms with E-state index in [0.717, 1.165) is 19.1 Å². The fraction of sp³-hybridized carbons (Fsp3) is 0.118. The third-order valence-corrected chi connectivity index (χ3v) is 3.71. The number of fused-ring (bicyclic) bond motifs is 1. The summed E-state index contributed by atoms with van der Waals surface area (Å²) in [5.41, 5.74) is 0.848. The van der Waals surface area contributed by atoms with Crippen molar-refractivity contribution in [1.82, 2.24) is 5.48 Å². The molecule has 0 spiro atoms. The number of hydrogen-bond acceptors (Lipinski definition) is 8. The van der Waals surface area contributed by atoms with Crippen LogP contribution in [0.15, 0.2) is 42.5 Å². The predicted octanol–water partition coefficient (Wildman–Crippen LogP) is 1.65. The number of nitrogens with zero attached hydrogens (tertiary/aromatic N) is 1. The third-order valence-electron chi connectivity index (χ3n) is 3.71. The van der Waals surface area contributed by atoms with Crippen molar-refractivity contribution in [2.24, 2.45) is 0 Å². The zero-order valence-corrected chi connectivity index (χ0v) is 13.9. The molecular weight excluding hydrogens is 360 g/mol. The Kier molecular flexibility index (Phi) is 4.44. The molecule has 4 N–H and O–H groups in total. The Bertz CT molecular complexity index is 957. The largest absolute Gasteiger partial charge is 0.502 e. The number of hydroxylamine groups is 1. The summed E-state index contributed by atoms with van der Waals surface area (Å²) < 4.78 is 5.58. The van der Waals surface area contributed by atoms with Crippen molar-refractivity contribution in [3.8, 4) is 17.2 Å². The van der Waals surface area contributed by atoms with E-state index >= 15 is 0 Å². The first-order valence-corrected chi connectivity index (χ1v) is 7.60. The molecule has 0 aliphatic carbocycles. The molecule has 27 heavy (non-hydrogen) atoms. The highest BCUT2D eigenvalue weighted by atomic mass is 16.7. The molecule has 1 heterocycles. The smallest absolute Gasteiger partial charge is 0.352 e. The molecule has 140 valence electrons. The van der Waals surface area contributed by atoms with Crippen LogP contribution in [0, 0.1) is 10.1 Å². The first-order chi connectivity index (χ1) is 12.7. The van der Waals surface area contributed by atoms with E-state index in [9.17, 15) is 30.2 Å². The van der Waals surface area contributed by atoms with Gasteiger partial charge in [0.25, 0.3) is 0 Å². The van der Waals surface area contributed by atoms with Crippen LogP contribution in [0.4, 0.5) is 5.69 Å². The summed E-state index contributed by atoms with van der Waals surface area (Å²) in [4.78, 5) is 26.3. The van der Waals surface area contributed by atoms with Crippen LogP contribution in [0.3, 0.4) is 0 Å². The van der Waals surface area contributed by atoms with Crippen LogP contribution in [0.25, 0.3) is 5.76 Å². The van der Waals surface area contributed by atoms with Crippen molar-refractivity contribution in [2.75, 3.05) is 0 Å². The van der Waals surface area contributed by atoms with Crippen LogP contribution in [0.5, 0.6) is 17.2 Å². The minimum absolute atomic E-state index is 0.0728. The van der Waals surface area contributed by atoms with Crippen molar-refractivity contribution in [2.45, 2.75) is 12.7 Å². The fourth-order valence-corrected chi connectivity index (χ4v) is 2.60. The maximum Gasteiger partial charge on any atom is 0.352 e. The van der Waals surface area contributed by atoms with Crippen molar-refractivity contribution in [1.29, 1.82) is 0 Å². The molecule has 2 aromatic carbocycles. The lowest BCUT2D eigenvalue weighted by Crippen LogP contribution is -2.38. The first kappa shape index (κ1) is 18.2. The number of rotatable bonds is 4. The Labute approximate surface area is 152 Å². The molecule has 1 atom stereocenters. The summed E-state index contributed by atoms with van der Waals surface area (Å²) in [6, 6.07) is 9.33. The normalized spacial score (nSPS) is 18.1. The summed E-state index contributed by atoms with van der Waals surface area (Å²) in [6.45, 7) is 1.12. The number of nitro benzene ring substituents is 1. The van der Waals surface area contributed by atoms with E-state index < -0.39 is 39.4 Å². The summed E-state index contributed by atoms with van der Waals surface area (Å²) >= 11 is 0. The molecule has 10 heteroatoms. The summed E-state index contributed by atoms with van der Waals surface area (Å²) in [6.07, 6.45) is 1.03. The number of carbonyl (C=O) groups excluding carboxylic acids is 1. The van der Waals surface area contributed by atoms with Crippen molar-refractivity contribution < 1.29 is 34.6 Å². The van der Waals surface area contributed by atoms with E-state index in [1.807, 2.05) is 5.48 Å². The van der Waals surface area contributed by atoms with Gasteiger partial charge in [-0.3, -0.25) is 14.9 Å². The standard InChI is InChI=1S/C17H14N2O8/c1-9(20)18-27-17(23)8-13(10-5-3-2-4-6-10)26-12-7-11(21)15(19(24)25)16(22)14(12)17/h2-8,21-23H,1H3,(H,18,20). The maximum atomic E-state index is 11.2. The van der Waals surface area contributed by atoms with Crippen LogP contribution in [0.2, 0.25) is 0 Å². The molecular formula is C17H14N2O8. The van der Waals surface area contributed by atoms with Crippen LogP contribution in [-0.2, 0) is 15.4 Å². The second kappa shape index (κ2) is 6.59. The average molecular weight is 374 g/mol. The fourth-order valence-electron chi connectivity index (χ4n) is 2.60. The van der Waals surface area contributed by atoms with Gasteiger partial charge in [0.2, 0.25) is 23.2 Å². The molecule has 0 saturated carbocycles. The summed E-state index contributed by atoms with van der Waals surface area (Å²) in [7, 11) is 0. The van der Waals surface area contributed by atoms with Gasteiger partial charge in [-0.2, -0.15) is 0 Å². The Hall–Kier alpha value is -3.63. The van der Waals surface area contributed by atoms with Gasteiger partial charge in [-0.25, -0.2) is 10.3 Å². The monoisotopic (exact) mass is 374 g/mol. The molecule has 0 radical (unpaired) electrons. The number of aromatic hydroxyl groups is 2. The van der Waals surface area contributed by atoms with E-state index in [0.29, 0.717) is 5.56 Å². The number of phenolic OH excluding ortho intramolecular Hbond substituents is 2. The molecule has 1 unspecified atom stereocenters. The zero-order chi connectivity index (χ0) is 19.8. The van der Waals surface area contributed by atoms with Gasteiger partial charge in [0.15, 0.2) is 0 Å². The Balaban J connectivity index is 2.22. The average Bonchev–Trinajstić information content (AvgIpc) is 2.59. The number of carbonyl (C=O) groups is 1. The van der Waals surface area contributed by atoms with Gasteiger partial charge in [-0.15, -0.1) is 0 Å². The molecule has 0 saturated heterocycles. The first-order valence-electron chi connectivity index (χ1n) is 7.60. The van der Waals surface area contributed by atoms with Crippen LogP contribution in [-0.4, -0.2) is 26.2 Å². The summed E-state index contributed by atoms with van der Waals surface area (Å²) in [5.74, 6) is -5.32. The van der Waals surface area contributed by atoms with Crippen molar-refractivity contribution in [3.63, 3.8) is 0 Å². The lowest BCUT2D eigenvalue weighted by atomic mass is 9.97. The van der Waals surface area contributed by atoms with Gasteiger partial charge in [0.05, 0.1) is 4.92 Å². The lowest BCUT2D eigenvalue weighted by Gasteiger charge is -2.31. The van der Waals surface area contributed by atoms with Gasteiger partial charge in [-0.1, -0.05) is 30.3 Å². The second-order valence-corrected chi connectivity index (χ2v) is 5.66. The Morgan fingerprint density at radius 1 is 1.30 bits per heavy atom. The number of nitro groups is 1. The number of phenols is 2. The molecule has 1 aliphatic rings. The Morgan fingerprint density at radius 2 is 1.96 bits per heavy atom. The van der Waals surface area contributed by atoms with Crippen LogP contribution in [0.1, 0.15) is 18.1 Å². The third kappa shape index (κ3) is 3.26. The SMILES string of the molecule is CC(=O)NOC1(O)C=C(c2ccccc2)Oc2cc(O)c([N+](=O)[O-])c(O)c21. The van der Waals surface area contributed by atoms with E-state index in [2.05, 4.69) is 0 Å². The molecule has 3 rings (SSSR count). The highest BCUT2D eigenvalue weighted by molar-refractivity contribution is 5.74. The molecule has 0 fully saturated rings. The summed E-state index contributed by atoms with van der Waals surface area (Å²) in [5, 5.41) is 42.2. The maximum absolute atomic E-state index is 11.2.